The van der Waals surface area contributed by atoms with Crippen molar-refractivity contribution in [3.8, 4) is 17.5 Å². The topological polar surface area (TPSA) is 179 Å². The normalized spacial score (nSPS) is 17.0. The molecule has 2 aromatic heterocycles. The number of aromatic nitrogens is 4. The molecule has 2 aliphatic rings. The minimum Gasteiger partial charge on any atom is -0.467 e. The van der Waals surface area contributed by atoms with Crippen LogP contribution in [0.3, 0.4) is 0 Å². The predicted molar refractivity (Wildman–Crippen MR) is 191 cm³/mol. The van der Waals surface area contributed by atoms with Crippen LogP contribution in [-0.2, 0) is 14.6 Å². The quantitative estimate of drug-likeness (QED) is 0.143. The number of fused-ring (bicyclic) bond motifs is 1. The summed E-state index contributed by atoms with van der Waals surface area (Å²) in [5.74, 6) is -0.0666. The minimum absolute atomic E-state index is 0.0115. The zero-order valence-electron chi connectivity index (χ0n) is 28.8. The SMILES string of the molecule is C=C/C(N[C@@H](c1cccc2c1OC(F)(F)O2)c1ncccc1Cl)=C(\C=C(/C)S(C)(=O)=O)Nc1nc(OC)nc(N2CCN(CCOCCN)CC2)n1. The van der Waals surface area contributed by atoms with Crippen molar-refractivity contribution in [2.24, 2.45) is 5.73 Å². The van der Waals surface area contributed by atoms with Crippen LogP contribution in [0.2, 0.25) is 5.02 Å². The van der Waals surface area contributed by atoms with Crippen LogP contribution in [0.4, 0.5) is 20.7 Å². The molecule has 0 saturated carbocycles. The van der Waals surface area contributed by atoms with E-state index < -0.39 is 22.2 Å². The Kier molecular flexibility index (Phi) is 12.5. The molecule has 1 atom stereocenters. The van der Waals surface area contributed by atoms with Crippen LogP contribution in [0, 0.1) is 0 Å². The molecule has 0 spiro atoms. The number of allylic oxidation sites excluding steroid dienone is 3. The number of anilines is 2. The summed E-state index contributed by atoms with van der Waals surface area (Å²) in [5, 5.41) is 6.55. The van der Waals surface area contributed by atoms with Gasteiger partial charge in [-0.3, -0.25) is 9.88 Å². The lowest BCUT2D eigenvalue weighted by Crippen LogP contribution is -2.48. The largest absolute Gasteiger partial charge is 0.586 e. The van der Waals surface area contributed by atoms with Crippen LogP contribution in [-0.4, -0.2) is 105 Å². The number of nitrogens with one attached hydrogen (secondary N) is 2. The fourth-order valence-corrected chi connectivity index (χ4v) is 5.88. The van der Waals surface area contributed by atoms with Gasteiger partial charge in [0, 0.05) is 62.2 Å². The number of alkyl halides is 2. The van der Waals surface area contributed by atoms with Gasteiger partial charge in [0.2, 0.25) is 11.9 Å². The van der Waals surface area contributed by atoms with E-state index in [2.05, 4.69) is 42.0 Å². The van der Waals surface area contributed by atoms with E-state index in [-0.39, 0.29) is 56.0 Å². The molecular weight excluding hydrogens is 724 g/mol. The monoisotopic (exact) mass is 763 g/mol. The Balaban J connectivity index is 1.53. The molecule has 280 valence electrons. The van der Waals surface area contributed by atoms with E-state index in [0.717, 1.165) is 25.9 Å². The van der Waals surface area contributed by atoms with Gasteiger partial charge in [-0.15, -0.1) is 8.78 Å². The summed E-state index contributed by atoms with van der Waals surface area (Å²) in [6, 6.07) is 6.58. The van der Waals surface area contributed by atoms with Crippen molar-refractivity contribution in [2.45, 2.75) is 19.3 Å². The van der Waals surface area contributed by atoms with Gasteiger partial charge in [-0.1, -0.05) is 30.3 Å². The molecular formula is C33H40ClF2N9O6S. The molecule has 3 aromatic rings. The van der Waals surface area contributed by atoms with E-state index in [1.165, 1.54) is 44.5 Å². The molecule has 0 unspecified atom stereocenters. The van der Waals surface area contributed by atoms with Crippen molar-refractivity contribution in [1.29, 1.82) is 0 Å². The molecule has 19 heteroatoms. The van der Waals surface area contributed by atoms with E-state index in [9.17, 15) is 17.2 Å². The van der Waals surface area contributed by atoms with Crippen molar-refractivity contribution in [3.63, 3.8) is 0 Å². The van der Waals surface area contributed by atoms with Crippen LogP contribution < -0.4 is 35.5 Å². The maximum absolute atomic E-state index is 14.3. The summed E-state index contributed by atoms with van der Waals surface area (Å²) < 4.78 is 74.4. The average molecular weight is 764 g/mol. The van der Waals surface area contributed by atoms with Gasteiger partial charge in [-0.25, -0.2) is 8.42 Å². The fourth-order valence-electron chi connectivity index (χ4n) is 5.32. The molecule has 1 aromatic carbocycles. The Morgan fingerprint density at radius 1 is 1.13 bits per heavy atom. The van der Waals surface area contributed by atoms with Crippen molar-refractivity contribution in [3.05, 3.63) is 87.8 Å². The molecule has 1 fully saturated rings. The number of nitrogens with zero attached hydrogens (tertiary/aromatic N) is 6. The van der Waals surface area contributed by atoms with Gasteiger partial charge in [0.15, 0.2) is 21.3 Å². The number of hydrogen-bond donors (Lipinski definition) is 3. The van der Waals surface area contributed by atoms with Crippen molar-refractivity contribution >= 4 is 33.3 Å². The number of rotatable bonds is 16. The first-order valence-corrected chi connectivity index (χ1v) is 18.4. The van der Waals surface area contributed by atoms with Crippen LogP contribution >= 0.6 is 11.6 Å². The van der Waals surface area contributed by atoms with Crippen LogP contribution in [0.25, 0.3) is 0 Å². The number of sulfone groups is 1. The Labute approximate surface area is 305 Å². The van der Waals surface area contributed by atoms with Gasteiger partial charge in [0.25, 0.3) is 0 Å². The van der Waals surface area contributed by atoms with Gasteiger partial charge in [0.05, 0.1) is 48.5 Å². The maximum atomic E-state index is 14.3. The van der Waals surface area contributed by atoms with Gasteiger partial charge in [-0.05, 0) is 37.3 Å². The summed E-state index contributed by atoms with van der Waals surface area (Å²) in [4.78, 5) is 22.1. The van der Waals surface area contributed by atoms with Crippen LogP contribution in [0.1, 0.15) is 24.2 Å². The standard InChI is InChI=1S/C33H40ClF2N9O6S/c1-5-24(39-27(28-23(34)9-7-12-38-28)22-8-6-10-26-29(22)51-33(35,36)50-26)25(20-21(2)52(4,46)47)40-30-41-31(43-32(42-30)48-3)45-15-13-44(14-16-45)17-19-49-18-11-37/h5-10,12,20,27,39H,1,11,13-19,37H2,2-4H3,(H,40,41,42,43)/b21-20+,25-24-/t27-/m0/s1. The number of halogens is 3. The summed E-state index contributed by atoms with van der Waals surface area (Å²) >= 11 is 6.60. The molecule has 0 radical (unpaired) electrons. The first-order valence-electron chi connectivity index (χ1n) is 16.1. The fraction of sp³-hybridized carbons (Fsp3) is 0.394. The van der Waals surface area contributed by atoms with Gasteiger partial charge in [-0.2, -0.15) is 15.0 Å². The molecule has 15 nitrogen and oxygen atoms in total. The molecule has 0 amide bonds. The molecule has 0 aliphatic carbocycles. The molecule has 2 aliphatic heterocycles. The molecule has 4 N–H and O–H groups in total. The third-order valence-electron chi connectivity index (χ3n) is 8.06. The zero-order chi connectivity index (χ0) is 37.5. The van der Waals surface area contributed by atoms with Gasteiger partial charge in [0.1, 0.15) is 0 Å². The first-order chi connectivity index (χ1) is 24.8. The lowest BCUT2D eigenvalue weighted by atomic mass is 10.0. The number of nitrogens with two attached hydrogens (primary N) is 1. The van der Waals surface area contributed by atoms with Crippen LogP contribution in [0.15, 0.2) is 71.6 Å². The summed E-state index contributed by atoms with van der Waals surface area (Å²) in [6.07, 6.45) is 1.41. The number of methoxy groups -OCH3 is 1. The van der Waals surface area contributed by atoms with Crippen molar-refractivity contribution in [2.75, 3.05) is 76.1 Å². The zero-order valence-corrected chi connectivity index (χ0v) is 30.4. The lowest BCUT2D eigenvalue weighted by molar-refractivity contribution is -0.287. The molecule has 52 heavy (non-hydrogen) atoms. The second kappa shape index (κ2) is 16.8. The Hall–Kier alpha value is -4.62. The summed E-state index contributed by atoms with van der Waals surface area (Å²) in [6.45, 7) is 10.4. The second-order valence-corrected chi connectivity index (χ2v) is 14.2. The highest BCUT2D eigenvalue weighted by molar-refractivity contribution is 7.94. The highest BCUT2D eigenvalue weighted by Gasteiger charge is 2.45. The number of hydrogen-bond acceptors (Lipinski definition) is 15. The summed E-state index contributed by atoms with van der Waals surface area (Å²) in [5.41, 5.74) is 6.29. The number of pyridine rings is 1. The van der Waals surface area contributed by atoms with Gasteiger partial charge < -0.3 is 40.2 Å². The number of piperazine rings is 1. The van der Waals surface area contributed by atoms with Gasteiger partial charge >= 0.3 is 12.3 Å². The number of para-hydroxylation sites is 1. The minimum atomic E-state index is -3.91. The highest BCUT2D eigenvalue weighted by atomic mass is 35.5. The maximum Gasteiger partial charge on any atom is 0.586 e. The van der Waals surface area contributed by atoms with E-state index in [1.54, 1.807) is 18.2 Å². The second-order valence-electron chi connectivity index (χ2n) is 11.6. The Morgan fingerprint density at radius 3 is 2.58 bits per heavy atom. The molecule has 5 rings (SSSR count). The van der Waals surface area contributed by atoms with Crippen LogP contribution in [0.5, 0.6) is 17.5 Å². The van der Waals surface area contributed by atoms with Crippen molar-refractivity contribution < 1.29 is 36.1 Å². The van der Waals surface area contributed by atoms with E-state index in [4.69, 9.17) is 36.3 Å². The number of ether oxygens (including phenoxy) is 4. The third-order valence-corrected chi connectivity index (χ3v) is 9.67. The number of benzene rings is 1. The Bertz CT molecular complexity index is 1930. The molecule has 1 saturated heterocycles. The molecule has 0 bridgehead atoms. The van der Waals surface area contributed by atoms with Crippen molar-refractivity contribution in [1.82, 2.24) is 30.2 Å². The predicted octanol–water partition coefficient (Wildman–Crippen LogP) is 3.48. The first kappa shape index (κ1) is 38.6. The highest BCUT2D eigenvalue weighted by Crippen LogP contribution is 2.47. The average Bonchev–Trinajstić information content (AvgIpc) is 3.44. The van der Waals surface area contributed by atoms with E-state index >= 15 is 0 Å². The lowest BCUT2D eigenvalue weighted by Gasteiger charge is -2.34. The third kappa shape index (κ3) is 9.62. The Morgan fingerprint density at radius 2 is 1.90 bits per heavy atom. The van der Waals surface area contributed by atoms with E-state index in [1.807, 2.05) is 4.90 Å². The molecule has 4 heterocycles. The van der Waals surface area contributed by atoms with E-state index in [0.29, 0.717) is 38.8 Å². The summed E-state index contributed by atoms with van der Waals surface area (Å²) in [7, 11) is -2.27. The smallest absolute Gasteiger partial charge is 0.467 e.